The molecule has 1 unspecified atom stereocenters. The van der Waals surface area contributed by atoms with Crippen molar-refractivity contribution in [1.82, 2.24) is 10.2 Å². The van der Waals surface area contributed by atoms with Crippen LogP contribution < -0.4 is 5.32 Å². The summed E-state index contributed by atoms with van der Waals surface area (Å²) in [5, 5.41) is 4.53. The van der Waals surface area contributed by atoms with Crippen molar-refractivity contribution in [2.45, 2.75) is 19.0 Å². The molecule has 3 heteroatoms. The normalized spacial score (nSPS) is 34.4. The minimum atomic E-state index is 0.527. The fourth-order valence-electron chi connectivity index (χ4n) is 1.78. The number of hydrogen-bond acceptors (Lipinski definition) is 2. The maximum atomic E-state index is 5.28. The maximum Gasteiger partial charge on any atom is 0.0762 e. The van der Waals surface area contributed by atoms with Gasteiger partial charge in [-0.2, -0.15) is 0 Å². The first-order valence-corrected chi connectivity index (χ1v) is 4.45. The maximum absolute atomic E-state index is 5.28. The van der Waals surface area contributed by atoms with Gasteiger partial charge in [-0.05, 0) is 12.8 Å². The average molecular weight is 155 g/mol. The van der Waals surface area contributed by atoms with Crippen LogP contribution in [0.5, 0.6) is 0 Å². The highest BCUT2D eigenvalue weighted by Gasteiger charge is 2.24. The van der Waals surface area contributed by atoms with E-state index in [-0.39, 0.29) is 0 Å². The number of nitrogens with zero attached hydrogens (tertiary/aromatic N) is 2. The molecule has 11 heavy (non-hydrogen) atoms. The summed E-state index contributed by atoms with van der Waals surface area (Å²) in [5.41, 5.74) is 0. The second-order valence-electron chi connectivity index (χ2n) is 3.18. The van der Waals surface area contributed by atoms with E-state index >= 15 is 0 Å². The van der Waals surface area contributed by atoms with Gasteiger partial charge in [-0.25, -0.2) is 5.32 Å². The number of ether oxygens (including phenoxy) is 1. The van der Waals surface area contributed by atoms with Crippen LogP contribution in [0.15, 0.2) is 0 Å². The summed E-state index contributed by atoms with van der Waals surface area (Å²) >= 11 is 0. The Bertz CT molecular complexity index is 117. The molecule has 0 aromatic heterocycles. The predicted octanol–water partition coefficient (Wildman–Crippen LogP) is 0.0429. The van der Waals surface area contributed by atoms with Gasteiger partial charge in [0.2, 0.25) is 0 Å². The standard InChI is InChI=1S/C8H15N2O/c1-2-8(9-3-1)10-4-6-11-7-5-10/h8H,1-7H2. The van der Waals surface area contributed by atoms with E-state index in [4.69, 9.17) is 4.74 Å². The molecule has 0 aromatic rings. The van der Waals surface area contributed by atoms with Crippen molar-refractivity contribution in [1.29, 1.82) is 0 Å². The van der Waals surface area contributed by atoms with Crippen LogP contribution in [0.3, 0.4) is 0 Å². The first kappa shape index (κ1) is 7.53. The molecule has 2 fully saturated rings. The Labute approximate surface area is 67.7 Å². The van der Waals surface area contributed by atoms with Gasteiger partial charge in [-0.15, -0.1) is 0 Å². The SMILES string of the molecule is C1C[N]C(N2CCOCC2)C1. The molecule has 2 heterocycles. The lowest BCUT2D eigenvalue weighted by molar-refractivity contribution is 0.0126. The van der Waals surface area contributed by atoms with Gasteiger partial charge in [0.1, 0.15) is 0 Å². The predicted molar refractivity (Wildman–Crippen MR) is 42.4 cm³/mol. The van der Waals surface area contributed by atoms with Crippen LogP contribution in [0.2, 0.25) is 0 Å². The number of rotatable bonds is 1. The monoisotopic (exact) mass is 155 g/mol. The summed E-state index contributed by atoms with van der Waals surface area (Å²) in [5.74, 6) is 0. The third-order valence-electron chi connectivity index (χ3n) is 2.43. The molecule has 2 rings (SSSR count). The van der Waals surface area contributed by atoms with Gasteiger partial charge in [0.15, 0.2) is 0 Å². The summed E-state index contributed by atoms with van der Waals surface area (Å²) < 4.78 is 5.28. The lowest BCUT2D eigenvalue weighted by atomic mass is 10.3. The van der Waals surface area contributed by atoms with Crippen molar-refractivity contribution in [3.05, 3.63) is 0 Å². The highest BCUT2D eigenvalue weighted by atomic mass is 16.5. The second kappa shape index (κ2) is 3.52. The highest BCUT2D eigenvalue weighted by Crippen LogP contribution is 2.13. The van der Waals surface area contributed by atoms with E-state index < -0.39 is 0 Å². The van der Waals surface area contributed by atoms with Crippen molar-refractivity contribution >= 4 is 0 Å². The van der Waals surface area contributed by atoms with E-state index in [9.17, 15) is 0 Å². The Hall–Kier alpha value is -0.120. The van der Waals surface area contributed by atoms with Crippen LogP contribution in [0.1, 0.15) is 12.8 Å². The van der Waals surface area contributed by atoms with Gasteiger partial charge in [0, 0.05) is 19.6 Å². The largest absolute Gasteiger partial charge is 0.379 e. The molecule has 0 saturated carbocycles. The van der Waals surface area contributed by atoms with Crippen molar-refractivity contribution in [2.24, 2.45) is 0 Å². The van der Waals surface area contributed by atoms with Crippen LogP contribution >= 0.6 is 0 Å². The zero-order valence-corrected chi connectivity index (χ0v) is 6.83. The fourth-order valence-corrected chi connectivity index (χ4v) is 1.78. The van der Waals surface area contributed by atoms with Crippen molar-refractivity contribution in [3.8, 4) is 0 Å². The Kier molecular flexibility index (Phi) is 2.41. The highest BCUT2D eigenvalue weighted by molar-refractivity contribution is 4.76. The molecule has 0 N–H and O–H groups in total. The Morgan fingerprint density at radius 2 is 2.09 bits per heavy atom. The zero-order valence-electron chi connectivity index (χ0n) is 6.83. The first-order valence-electron chi connectivity index (χ1n) is 4.45. The van der Waals surface area contributed by atoms with Crippen LogP contribution in [-0.2, 0) is 4.74 Å². The van der Waals surface area contributed by atoms with E-state index in [1.165, 1.54) is 12.8 Å². The average Bonchev–Trinajstić information content (AvgIpc) is 2.58. The molecule has 0 aliphatic carbocycles. The molecule has 2 saturated heterocycles. The quantitative estimate of drug-likeness (QED) is 0.534. The summed E-state index contributed by atoms with van der Waals surface area (Å²) in [6, 6.07) is 0. The summed E-state index contributed by atoms with van der Waals surface area (Å²) in [6.45, 7) is 5.02. The van der Waals surface area contributed by atoms with Gasteiger partial charge in [-0.1, -0.05) is 0 Å². The number of morpholine rings is 1. The van der Waals surface area contributed by atoms with Crippen molar-refractivity contribution in [2.75, 3.05) is 32.8 Å². The van der Waals surface area contributed by atoms with Crippen LogP contribution in [0, 0.1) is 0 Å². The van der Waals surface area contributed by atoms with Crippen molar-refractivity contribution in [3.63, 3.8) is 0 Å². The molecule has 1 atom stereocenters. The van der Waals surface area contributed by atoms with E-state index in [1.807, 2.05) is 0 Å². The zero-order chi connectivity index (χ0) is 7.52. The van der Waals surface area contributed by atoms with E-state index in [1.54, 1.807) is 0 Å². The van der Waals surface area contributed by atoms with Gasteiger partial charge in [0.05, 0.1) is 19.4 Å². The minimum Gasteiger partial charge on any atom is -0.379 e. The molecule has 0 bridgehead atoms. The van der Waals surface area contributed by atoms with E-state index in [0.717, 1.165) is 32.8 Å². The Balaban J connectivity index is 1.82. The van der Waals surface area contributed by atoms with Crippen LogP contribution in [0.25, 0.3) is 0 Å². The minimum absolute atomic E-state index is 0.527. The van der Waals surface area contributed by atoms with Gasteiger partial charge in [0.25, 0.3) is 0 Å². The molecule has 0 amide bonds. The van der Waals surface area contributed by atoms with Gasteiger partial charge < -0.3 is 4.74 Å². The van der Waals surface area contributed by atoms with Gasteiger partial charge >= 0.3 is 0 Å². The molecule has 0 spiro atoms. The summed E-state index contributed by atoms with van der Waals surface area (Å²) in [4.78, 5) is 2.44. The third-order valence-corrected chi connectivity index (χ3v) is 2.43. The van der Waals surface area contributed by atoms with E-state index in [0.29, 0.717) is 6.17 Å². The molecule has 63 valence electrons. The Morgan fingerprint density at radius 1 is 1.27 bits per heavy atom. The van der Waals surface area contributed by atoms with Crippen LogP contribution in [0.4, 0.5) is 0 Å². The fraction of sp³-hybridized carbons (Fsp3) is 1.00. The second-order valence-corrected chi connectivity index (χ2v) is 3.18. The molecule has 1 radical (unpaired) electrons. The molecular formula is C8H15N2O. The summed E-state index contributed by atoms with van der Waals surface area (Å²) in [7, 11) is 0. The first-order chi connectivity index (χ1) is 5.47. The topological polar surface area (TPSA) is 26.6 Å². The number of hydrogen-bond donors (Lipinski definition) is 0. The molecule has 2 aliphatic rings. The van der Waals surface area contributed by atoms with Crippen LogP contribution in [-0.4, -0.2) is 43.9 Å². The van der Waals surface area contributed by atoms with Gasteiger partial charge in [-0.3, -0.25) is 4.90 Å². The molecule has 3 nitrogen and oxygen atoms in total. The molecule has 2 aliphatic heterocycles. The lowest BCUT2D eigenvalue weighted by Gasteiger charge is -2.31. The Morgan fingerprint density at radius 3 is 2.73 bits per heavy atom. The summed E-state index contributed by atoms with van der Waals surface area (Å²) in [6.07, 6.45) is 3.07. The van der Waals surface area contributed by atoms with E-state index in [2.05, 4.69) is 10.2 Å². The third kappa shape index (κ3) is 1.72. The smallest absolute Gasteiger partial charge is 0.0762 e. The molecular weight excluding hydrogens is 140 g/mol. The lowest BCUT2D eigenvalue weighted by Crippen LogP contribution is -2.45. The van der Waals surface area contributed by atoms with Crippen molar-refractivity contribution < 1.29 is 4.74 Å². The molecule has 0 aromatic carbocycles.